The Hall–Kier alpha value is -1.40. The van der Waals surface area contributed by atoms with Gasteiger partial charge in [-0.25, -0.2) is 4.98 Å². The molecule has 0 atom stereocenters. The van der Waals surface area contributed by atoms with Crippen LogP contribution in [0.2, 0.25) is 0 Å². The molecule has 6 nitrogen and oxygen atoms in total. The molecule has 0 amide bonds. The van der Waals surface area contributed by atoms with E-state index in [4.69, 9.17) is 14.2 Å². The topological polar surface area (TPSA) is 65.5 Å². The normalized spacial score (nSPS) is 10.5. The van der Waals surface area contributed by atoms with Crippen LogP contribution >= 0.6 is 0 Å². The summed E-state index contributed by atoms with van der Waals surface area (Å²) >= 11 is 0. The zero-order chi connectivity index (χ0) is 13.9. The van der Waals surface area contributed by atoms with Gasteiger partial charge in [0, 0.05) is 26.3 Å². The fourth-order valence-electron chi connectivity index (χ4n) is 1.38. The molecular weight excluding hydrogens is 246 g/mol. The molecule has 0 saturated heterocycles. The number of methoxy groups -OCH3 is 1. The lowest BCUT2D eigenvalue weighted by Crippen LogP contribution is -2.10. The van der Waals surface area contributed by atoms with Crippen LogP contribution < -0.4 is 10.1 Å². The number of nitrogens with one attached hydrogen (secondary N) is 1. The molecule has 6 heteroatoms. The maximum atomic E-state index is 5.52. The second kappa shape index (κ2) is 9.52. The number of ether oxygens (including phenoxy) is 3. The van der Waals surface area contributed by atoms with Crippen LogP contribution in [-0.4, -0.2) is 43.4 Å². The molecule has 108 valence electrons. The van der Waals surface area contributed by atoms with Crippen molar-refractivity contribution in [1.82, 2.24) is 9.97 Å². The van der Waals surface area contributed by atoms with E-state index >= 15 is 0 Å². The smallest absolute Gasteiger partial charge is 0.218 e. The van der Waals surface area contributed by atoms with Gasteiger partial charge >= 0.3 is 0 Å². The summed E-state index contributed by atoms with van der Waals surface area (Å²) in [5, 5.41) is 3.22. The van der Waals surface area contributed by atoms with Crippen LogP contribution in [0.3, 0.4) is 0 Å². The molecule has 0 radical (unpaired) electrons. The minimum absolute atomic E-state index is 0.388. The van der Waals surface area contributed by atoms with E-state index in [-0.39, 0.29) is 0 Å². The lowest BCUT2D eigenvalue weighted by atomic mass is 10.4. The predicted octanol–water partition coefficient (Wildman–Crippen LogP) is 1.86. The van der Waals surface area contributed by atoms with Crippen molar-refractivity contribution in [3.63, 3.8) is 0 Å². The molecule has 0 spiro atoms. The van der Waals surface area contributed by atoms with Crippen LogP contribution in [0.5, 0.6) is 5.88 Å². The lowest BCUT2D eigenvalue weighted by Gasteiger charge is -2.10. The highest BCUT2D eigenvalue weighted by Crippen LogP contribution is 2.14. The van der Waals surface area contributed by atoms with Crippen LogP contribution in [0.25, 0.3) is 0 Å². The summed E-state index contributed by atoms with van der Waals surface area (Å²) in [6.07, 6.45) is 1.03. The molecule has 1 aromatic rings. The summed E-state index contributed by atoms with van der Waals surface area (Å²) in [5.41, 5.74) is 0. The number of rotatable bonds is 10. The zero-order valence-electron chi connectivity index (χ0n) is 11.9. The number of anilines is 1. The van der Waals surface area contributed by atoms with E-state index < -0.39 is 0 Å². The summed E-state index contributed by atoms with van der Waals surface area (Å²) in [5.74, 6) is 1.93. The number of hydrogen-bond acceptors (Lipinski definition) is 6. The van der Waals surface area contributed by atoms with Gasteiger partial charge < -0.3 is 19.5 Å². The van der Waals surface area contributed by atoms with Gasteiger partial charge in [0.25, 0.3) is 0 Å². The summed E-state index contributed by atoms with van der Waals surface area (Å²) in [6, 6.07) is 1.79. The fourth-order valence-corrected chi connectivity index (χ4v) is 1.38. The number of nitrogens with zero attached hydrogens (tertiary/aromatic N) is 2. The van der Waals surface area contributed by atoms with Crippen LogP contribution in [0, 0.1) is 0 Å². The average molecular weight is 269 g/mol. The van der Waals surface area contributed by atoms with Crippen LogP contribution in [0.1, 0.15) is 26.1 Å². The van der Waals surface area contributed by atoms with Gasteiger partial charge in [-0.3, -0.25) is 0 Å². The summed E-state index contributed by atoms with van der Waals surface area (Å²) < 4.78 is 15.8. The summed E-state index contributed by atoms with van der Waals surface area (Å²) in [6.45, 7) is 6.93. The van der Waals surface area contributed by atoms with Gasteiger partial charge in [0.05, 0.1) is 6.61 Å². The van der Waals surface area contributed by atoms with Crippen molar-refractivity contribution >= 4 is 5.82 Å². The minimum Gasteiger partial charge on any atom is -0.475 e. The second-order valence-corrected chi connectivity index (χ2v) is 3.91. The molecule has 0 aliphatic rings. The monoisotopic (exact) mass is 269 g/mol. The Morgan fingerprint density at radius 1 is 1.21 bits per heavy atom. The standard InChI is InChI=1S/C13H23N3O3/c1-4-6-14-11-9-13(19-8-7-17-3)16-12(15-11)10-18-5-2/h9H,4-8,10H2,1-3H3,(H,14,15,16). The van der Waals surface area contributed by atoms with Gasteiger partial charge in [-0.15, -0.1) is 0 Å². The van der Waals surface area contributed by atoms with Gasteiger partial charge in [0.1, 0.15) is 19.0 Å². The van der Waals surface area contributed by atoms with Gasteiger partial charge in [-0.1, -0.05) is 6.92 Å². The molecular formula is C13H23N3O3. The average Bonchev–Trinajstić information content (AvgIpc) is 2.43. The third-order valence-electron chi connectivity index (χ3n) is 2.28. The van der Waals surface area contributed by atoms with Crippen LogP contribution in [0.4, 0.5) is 5.82 Å². The van der Waals surface area contributed by atoms with Gasteiger partial charge in [0.2, 0.25) is 5.88 Å². The summed E-state index contributed by atoms with van der Waals surface area (Å²) in [4.78, 5) is 8.68. The molecule has 0 bridgehead atoms. The van der Waals surface area contributed by atoms with Gasteiger partial charge in [-0.05, 0) is 13.3 Å². The molecule has 0 aliphatic heterocycles. The Morgan fingerprint density at radius 2 is 2.05 bits per heavy atom. The van der Waals surface area contributed by atoms with Crippen molar-refractivity contribution in [2.24, 2.45) is 0 Å². The molecule has 0 fully saturated rings. The fraction of sp³-hybridized carbons (Fsp3) is 0.692. The van der Waals surface area contributed by atoms with E-state index in [1.165, 1.54) is 0 Å². The minimum atomic E-state index is 0.388. The highest BCUT2D eigenvalue weighted by Gasteiger charge is 2.05. The Bertz CT molecular complexity index is 335. The molecule has 0 unspecified atom stereocenters. The van der Waals surface area contributed by atoms with Crippen molar-refractivity contribution < 1.29 is 14.2 Å². The quantitative estimate of drug-likeness (QED) is 0.654. The van der Waals surface area contributed by atoms with Gasteiger partial charge in [-0.2, -0.15) is 4.98 Å². The highest BCUT2D eigenvalue weighted by molar-refractivity contribution is 5.38. The molecule has 1 heterocycles. The van der Waals surface area contributed by atoms with Crippen molar-refractivity contribution in [1.29, 1.82) is 0 Å². The van der Waals surface area contributed by atoms with E-state index in [1.807, 2.05) is 6.92 Å². The van der Waals surface area contributed by atoms with Crippen molar-refractivity contribution in [3.8, 4) is 5.88 Å². The molecule has 1 N–H and O–H groups in total. The van der Waals surface area contributed by atoms with E-state index in [0.29, 0.717) is 38.1 Å². The third-order valence-corrected chi connectivity index (χ3v) is 2.28. The maximum Gasteiger partial charge on any atom is 0.218 e. The highest BCUT2D eigenvalue weighted by atomic mass is 16.5. The first-order valence-corrected chi connectivity index (χ1v) is 6.61. The van der Waals surface area contributed by atoms with Crippen molar-refractivity contribution in [2.75, 3.05) is 38.8 Å². The number of hydrogen-bond donors (Lipinski definition) is 1. The zero-order valence-corrected chi connectivity index (χ0v) is 11.9. The van der Waals surface area contributed by atoms with Crippen LogP contribution in [0.15, 0.2) is 6.07 Å². The Morgan fingerprint density at radius 3 is 2.74 bits per heavy atom. The Labute approximate surface area is 114 Å². The molecule has 0 aliphatic carbocycles. The predicted molar refractivity (Wildman–Crippen MR) is 73.5 cm³/mol. The third kappa shape index (κ3) is 6.35. The molecule has 1 aromatic heterocycles. The van der Waals surface area contributed by atoms with Crippen molar-refractivity contribution in [2.45, 2.75) is 26.9 Å². The first-order chi connectivity index (χ1) is 9.30. The Balaban J connectivity index is 2.70. The van der Waals surface area contributed by atoms with E-state index in [9.17, 15) is 0 Å². The molecule has 1 rings (SSSR count). The Kier molecular flexibility index (Phi) is 7.84. The van der Waals surface area contributed by atoms with Crippen LogP contribution in [-0.2, 0) is 16.1 Å². The van der Waals surface area contributed by atoms with E-state index in [2.05, 4.69) is 22.2 Å². The lowest BCUT2D eigenvalue weighted by molar-refractivity contribution is 0.125. The first-order valence-electron chi connectivity index (χ1n) is 6.61. The molecule has 0 aromatic carbocycles. The first kappa shape index (κ1) is 15.7. The molecule has 0 saturated carbocycles. The largest absolute Gasteiger partial charge is 0.475 e. The van der Waals surface area contributed by atoms with Crippen molar-refractivity contribution in [3.05, 3.63) is 11.9 Å². The van der Waals surface area contributed by atoms with E-state index in [0.717, 1.165) is 18.8 Å². The summed E-state index contributed by atoms with van der Waals surface area (Å²) in [7, 11) is 1.64. The molecule has 19 heavy (non-hydrogen) atoms. The van der Waals surface area contributed by atoms with Gasteiger partial charge in [0.15, 0.2) is 5.82 Å². The number of aromatic nitrogens is 2. The SMILES string of the molecule is CCCNc1cc(OCCOC)nc(COCC)n1. The maximum absolute atomic E-state index is 5.52. The van der Waals surface area contributed by atoms with E-state index in [1.54, 1.807) is 13.2 Å². The second-order valence-electron chi connectivity index (χ2n) is 3.91.